The van der Waals surface area contributed by atoms with Crippen LogP contribution < -0.4 is 4.48 Å². The van der Waals surface area contributed by atoms with Gasteiger partial charge in [0.15, 0.2) is 0 Å². The fourth-order valence-electron chi connectivity index (χ4n) is 4.88. The quantitative estimate of drug-likeness (QED) is 0.134. The van der Waals surface area contributed by atoms with E-state index in [0.29, 0.717) is 0 Å². The van der Waals surface area contributed by atoms with Crippen molar-refractivity contribution in [2.24, 2.45) is 0 Å². The minimum absolute atomic E-state index is 0.995. The summed E-state index contributed by atoms with van der Waals surface area (Å²) in [7, 11) is 4.65. The molecule has 0 saturated heterocycles. The van der Waals surface area contributed by atoms with Crippen molar-refractivity contribution in [2.45, 2.75) is 130 Å². The highest BCUT2D eigenvalue weighted by Crippen LogP contribution is 2.26. The van der Waals surface area contributed by atoms with Gasteiger partial charge in [0, 0.05) is 5.56 Å². The lowest BCUT2D eigenvalue weighted by Gasteiger charge is -2.29. The van der Waals surface area contributed by atoms with Crippen molar-refractivity contribution in [3.8, 4) is 0 Å². The number of aryl methyl sites for hydroxylation is 2. The van der Waals surface area contributed by atoms with Gasteiger partial charge in [-0.1, -0.05) is 157 Å². The van der Waals surface area contributed by atoms with E-state index < -0.39 is 0 Å². The first-order valence-corrected chi connectivity index (χ1v) is 15.4. The molecule has 0 aliphatic carbocycles. The predicted octanol–water partition coefficient (Wildman–Crippen LogP) is 11.1. The molecule has 2 rings (SSSR count). The molecular weight excluding hydrogens is 434 g/mol. The van der Waals surface area contributed by atoms with Crippen LogP contribution in [-0.2, 0) is 6.42 Å². The smallest absolute Gasteiger partial charge is 0.135 e. The Morgan fingerprint density at radius 2 is 0.917 bits per heavy atom. The zero-order valence-corrected chi connectivity index (χ0v) is 24.9. The Hall–Kier alpha value is -1.60. The maximum atomic E-state index is 2.34. The summed E-state index contributed by atoms with van der Waals surface area (Å²) < 4.78 is 0.995. The highest BCUT2D eigenvalue weighted by Gasteiger charge is 2.19. The first-order chi connectivity index (χ1) is 17.5. The molecule has 0 bridgehead atoms. The van der Waals surface area contributed by atoms with E-state index in [-0.39, 0.29) is 0 Å². The Morgan fingerprint density at radius 1 is 0.500 bits per heavy atom. The summed E-state index contributed by atoms with van der Waals surface area (Å²) in [6, 6.07) is 19.3. The first kappa shape index (κ1) is 32.4. The number of nitrogens with zero attached hydrogens (tertiary/aromatic N) is 1. The van der Waals surface area contributed by atoms with Gasteiger partial charge < -0.3 is 0 Å². The Bertz CT molecular complexity index is 733. The molecule has 1 nitrogen and oxygen atoms in total. The largest absolute Gasteiger partial charge is 0.296 e. The maximum Gasteiger partial charge on any atom is 0.135 e. The van der Waals surface area contributed by atoms with Crippen molar-refractivity contribution in [2.75, 3.05) is 20.6 Å². The average molecular weight is 495 g/mol. The summed E-state index contributed by atoms with van der Waals surface area (Å²) in [5.41, 5.74) is 4.39. The second-order valence-electron chi connectivity index (χ2n) is 11.3. The number of quaternary nitrogens is 1. The SMILES string of the molecule is CCCCCCCCCCCCCCCCCCc1ccccc1[N+](C)(C)CC.Cc1ccccc1. The summed E-state index contributed by atoms with van der Waals surface area (Å²) in [4.78, 5) is 0. The van der Waals surface area contributed by atoms with Crippen molar-refractivity contribution in [1.82, 2.24) is 4.48 Å². The van der Waals surface area contributed by atoms with Crippen molar-refractivity contribution in [1.29, 1.82) is 0 Å². The van der Waals surface area contributed by atoms with Crippen LogP contribution in [0.3, 0.4) is 0 Å². The van der Waals surface area contributed by atoms with Gasteiger partial charge in [0.2, 0.25) is 0 Å². The van der Waals surface area contributed by atoms with Crippen LogP contribution in [-0.4, -0.2) is 20.6 Å². The van der Waals surface area contributed by atoms with E-state index in [9.17, 15) is 0 Å². The molecule has 0 aliphatic rings. The monoisotopic (exact) mass is 494 g/mol. The van der Waals surface area contributed by atoms with Gasteiger partial charge in [-0.25, -0.2) is 0 Å². The van der Waals surface area contributed by atoms with Crippen molar-refractivity contribution in [3.63, 3.8) is 0 Å². The molecule has 0 radical (unpaired) electrons. The van der Waals surface area contributed by atoms with Crippen molar-refractivity contribution in [3.05, 3.63) is 65.7 Å². The van der Waals surface area contributed by atoms with E-state index in [1.807, 2.05) is 18.2 Å². The highest BCUT2D eigenvalue weighted by molar-refractivity contribution is 5.49. The fraction of sp³-hybridized carbons (Fsp3) is 0.657. The number of para-hydroxylation sites is 1. The Labute approximate surface area is 226 Å². The molecule has 2 aromatic carbocycles. The molecule has 204 valence electrons. The maximum absolute atomic E-state index is 2.34. The molecule has 0 fully saturated rings. The van der Waals surface area contributed by atoms with Crippen LogP contribution in [0.15, 0.2) is 54.6 Å². The number of hydrogen-bond donors (Lipinski definition) is 0. The van der Waals surface area contributed by atoms with Gasteiger partial charge in [0.1, 0.15) is 5.69 Å². The van der Waals surface area contributed by atoms with E-state index in [1.165, 1.54) is 120 Å². The second-order valence-corrected chi connectivity index (χ2v) is 11.3. The van der Waals surface area contributed by atoms with Crippen LogP contribution in [0.5, 0.6) is 0 Å². The molecule has 1 heteroatoms. The van der Waals surface area contributed by atoms with Crippen molar-refractivity contribution >= 4 is 5.69 Å². The zero-order valence-electron chi connectivity index (χ0n) is 24.9. The lowest BCUT2D eigenvalue weighted by Crippen LogP contribution is -2.40. The molecule has 0 unspecified atom stereocenters. The number of rotatable bonds is 19. The van der Waals surface area contributed by atoms with Gasteiger partial charge in [0.25, 0.3) is 0 Å². The average Bonchev–Trinajstić information content (AvgIpc) is 2.89. The van der Waals surface area contributed by atoms with E-state index in [2.05, 4.69) is 71.3 Å². The van der Waals surface area contributed by atoms with E-state index in [1.54, 1.807) is 5.56 Å². The van der Waals surface area contributed by atoms with E-state index in [4.69, 9.17) is 0 Å². The normalized spacial score (nSPS) is 11.2. The Kier molecular flexibility index (Phi) is 19.4. The number of hydrogen-bond acceptors (Lipinski definition) is 0. The highest BCUT2D eigenvalue weighted by atomic mass is 15.3. The standard InChI is InChI=1S/C28H52N.C7H8/c1-5-7-8-9-10-11-12-13-14-15-16-17-18-19-20-21-24-27-25-22-23-26-28(27)29(3,4)6-2;1-7-5-3-2-4-6-7/h22-23,25-26H,5-21,24H2,1-4H3;2-6H,1H3/q+1;. The molecule has 0 atom stereocenters. The van der Waals surface area contributed by atoms with Gasteiger partial charge in [-0.2, -0.15) is 0 Å². The summed E-state index contributed by atoms with van der Waals surface area (Å²) in [5, 5.41) is 0. The lowest BCUT2D eigenvalue weighted by molar-refractivity contribution is 0.417. The predicted molar refractivity (Wildman–Crippen MR) is 165 cm³/mol. The van der Waals surface area contributed by atoms with Gasteiger partial charge in [0.05, 0.1) is 20.6 Å². The molecule has 0 heterocycles. The zero-order chi connectivity index (χ0) is 26.3. The van der Waals surface area contributed by atoms with Crippen LogP contribution in [0.2, 0.25) is 0 Å². The number of unbranched alkanes of at least 4 members (excludes halogenated alkanes) is 15. The molecule has 0 spiro atoms. The molecule has 2 aromatic rings. The summed E-state index contributed by atoms with van der Waals surface area (Å²) >= 11 is 0. The minimum Gasteiger partial charge on any atom is -0.296 e. The van der Waals surface area contributed by atoms with E-state index >= 15 is 0 Å². The molecule has 0 amide bonds. The van der Waals surface area contributed by atoms with Crippen LogP contribution in [0.25, 0.3) is 0 Å². The second kappa shape index (κ2) is 21.5. The minimum atomic E-state index is 0.995. The first-order valence-electron chi connectivity index (χ1n) is 15.4. The summed E-state index contributed by atoms with van der Waals surface area (Å²) in [6.07, 6.45) is 24.3. The van der Waals surface area contributed by atoms with Crippen LogP contribution in [0, 0.1) is 6.92 Å². The number of benzene rings is 2. The van der Waals surface area contributed by atoms with E-state index in [0.717, 1.165) is 11.0 Å². The molecule has 0 N–H and O–H groups in total. The Morgan fingerprint density at radius 3 is 1.33 bits per heavy atom. The fourth-order valence-corrected chi connectivity index (χ4v) is 4.88. The lowest BCUT2D eigenvalue weighted by atomic mass is 10.0. The summed E-state index contributed by atoms with van der Waals surface area (Å²) in [6.45, 7) is 7.81. The van der Waals surface area contributed by atoms with Gasteiger partial charge >= 0.3 is 0 Å². The molecule has 36 heavy (non-hydrogen) atoms. The van der Waals surface area contributed by atoms with Crippen LogP contribution in [0.1, 0.15) is 128 Å². The third kappa shape index (κ3) is 16.2. The van der Waals surface area contributed by atoms with Gasteiger partial charge in [-0.05, 0) is 32.8 Å². The Balaban J connectivity index is 0.000000789. The molecular formula is C35H60N+. The van der Waals surface area contributed by atoms with Crippen LogP contribution >= 0.6 is 0 Å². The third-order valence-corrected chi connectivity index (χ3v) is 7.67. The third-order valence-electron chi connectivity index (χ3n) is 7.67. The molecule has 0 aromatic heterocycles. The van der Waals surface area contributed by atoms with Gasteiger partial charge in [-0.15, -0.1) is 0 Å². The molecule has 0 saturated carbocycles. The topological polar surface area (TPSA) is 0 Å². The van der Waals surface area contributed by atoms with Crippen LogP contribution in [0.4, 0.5) is 5.69 Å². The summed E-state index contributed by atoms with van der Waals surface area (Å²) in [5.74, 6) is 0. The van der Waals surface area contributed by atoms with Crippen molar-refractivity contribution < 1.29 is 0 Å². The van der Waals surface area contributed by atoms with Gasteiger partial charge in [-0.3, -0.25) is 4.48 Å². The molecule has 0 aliphatic heterocycles.